The minimum Gasteiger partial charge on any atom is -0.480 e. The minimum atomic E-state index is -0.125. The Morgan fingerprint density at radius 3 is 2.43 bits per heavy atom. The predicted molar refractivity (Wildman–Crippen MR) is 79.0 cm³/mol. The Hall–Kier alpha value is -2.60. The van der Waals surface area contributed by atoms with Gasteiger partial charge < -0.3 is 10.1 Å². The van der Waals surface area contributed by atoms with E-state index in [2.05, 4.69) is 25.3 Å². The van der Waals surface area contributed by atoms with E-state index in [1.165, 1.54) is 0 Å². The van der Waals surface area contributed by atoms with Crippen LogP contribution in [0.25, 0.3) is 11.0 Å². The first-order chi connectivity index (χ1) is 10.3. The molecule has 2 heterocycles. The van der Waals surface area contributed by atoms with Gasteiger partial charge in [-0.2, -0.15) is 0 Å². The molecule has 0 aliphatic heterocycles. The number of ether oxygens (including phenoxy) is 1. The van der Waals surface area contributed by atoms with Crippen molar-refractivity contribution in [3.63, 3.8) is 0 Å². The minimum absolute atomic E-state index is 0.125. The van der Waals surface area contributed by atoms with Gasteiger partial charge >= 0.3 is 0 Å². The molecule has 106 valence electrons. The summed E-state index contributed by atoms with van der Waals surface area (Å²) in [6.07, 6.45) is 6.64. The summed E-state index contributed by atoms with van der Waals surface area (Å²) >= 11 is 0. The zero-order valence-electron chi connectivity index (χ0n) is 11.8. The Balaban J connectivity index is 2.09. The molecule has 2 aromatic heterocycles. The first-order valence-electron chi connectivity index (χ1n) is 6.56. The number of nitrogens with zero attached hydrogens (tertiary/aromatic N) is 4. The van der Waals surface area contributed by atoms with Crippen LogP contribution in [0.15, 0.2) is 43.0 Å². The van der Waals surface area contributed by atoms with Crippen LogP contribution in [0.4, 0.5) is 0 Å². The summed E-state index contributed by atoms with van der Waals surface area (Å²) < 4.78 is 5.30. The molecule has 6 heteroatoms. The van der Waals surface area contributed by atoms with Gasteiger partial charge in [-0.1, -0.05) is 6.07 Å². The number of aromatic nitrogens is 4. The van der Waals surface area contributed by atoms with Gasteiger partial charge in [0.1, 0.15) is 5.69 Å². The molecule has 1 N–H and O–H groups in total. The second kappa shape index (κ2) is 5.80. The lowest BCUT2D eigenvalue weighted by Gasteiger charge is -2.18. The van der Waals surface area contributed by atoms with Crippen molar-refractivity contribution in [2.45, 2.75) is 6.04 Å². The first kappa shape index (κ1) is 13.4. The number of fused-ring (bicyclic) bond motifs is 1. The molecular formula is C15H15N5O. The van der Waals surface area contributed by atoms with E-state index in [4.69, 9.17) is 4.74 Å². The van der Waals surface area contributed by atoms with Gasteiger partial charge in [0.15, 0.2) is 0 Å². The van der Waals surface area contributed by atoms with Crippen molar-refractivity contribution < 1.29 is 4.74 Å². The quantitative estimate of drug-likeness (QED) is 0.785. The fraction of sp³-hybridized carbons (Fsp3) is 0.200. The van der Waals surface area contributed by atoms with Crippen LogP contribution in [-0.4, -0.2) is 34.1 Å². The van der Waals surface area contributed by atoms with Gasteiger partial charge in [-0.15, -0.1) is 0 Å². The highest BCUT2D eigenvalue weighted by atomic mass is 16.5. The molecule has 3 rings (SSSR count). The maximum absolute atomic E-state index is 5.30. The van der Waals surface area contributed by atoms with Crippen molar-refractivity contribution in [2.75, 3.05) is 14.2 Å². The molecule has 0 spiro atoms. The molecule has 0 radical (unpaired) electrons. The van der Waals surface area contributed by atoms with Gasteiger partial charge in [0, 0.05) is 24.8 Å². The van der Waals surface area contributed by atoms with Crippen LogP contribution in [0, 0.1) is 0 Å². The molecule has 0 saturated carbocycles. The lowest BCUT2D eigenvalue weighted by atomic mass is 10.0. The standard InChI is InChI=1S/C15H15N5O/c1-16-13(14-15(21-2)20-8-7-19-14)10-3-4-11-12(9-10)18-6-5-17-11/h3-9,13,16H,1-2H3. The van der Waals surface area contributed by atoms with E-state index in [1.54, 1.807) is 31.9 Å². The summed E-state index contributed by atoms with van der Waals surface area (Å²) in [7, 11) is 3.46. The third kappa shape index (κ3) is 2.53. The van der Waals surface area contributed by atoms with Gasteiger partial charge in [-0.05, 0) is 24.7 Å². The first-order valence-corrected chi connectivity index (χ1v) is 6.56. The van der Waals surface area contributed by atoms with Crippen molar-refractivity contribution in [2.24, 2.45) is 0 Å². The summed E-state index contributed by atoms with van der Waals surface area (Å²) in [4.78, 5) is 17.2. The van der Waals surface area contributed by atoms with Crippen molar-refractivity contribution >= 4 is 11.0 Å². The molecule has 0 bridgehead atoms. The maximum atomic E-state index is 5.30. The third-order valence-electron chi connectivity index (χ3n) is 3.27. The molecule has 0 amide bonds. The monoisotopic (exact) mass is 281 g/mol. The molecule has 0 saturated heterocycles. The van der Waals surface area contributed by atoms with Crippen LogP contribution >= 0.6 is 0 Å². The molecule has 1 aromatic carbocycles. The Labute approximate surface area is 122 Å². The highest BCUT2D eigenvalue weighted by Gasteiger charge is 2.19. The second-order valence-corrected chi connectivity index (χ2v) is 4.48. The Kier molecular flexibility index (Phi) is 3.70. The molecule has 1 unspecified atom stereocenters. The Morgan fingerprint density at radius 2 is 1.67 bits per heavy atom. The zero-order valence-corrected chi connectivity index (χ0v) is 11.8. The average molecular weight is 281 g/mol. The van der Waals surface area contributed by atoms with Crippen LogP contribution in [-0.2, 0) is 0 Å². The van der Waals surface area contributed by atoms with Crippen molar-refractivity contribution in [1.29, 1.82) is 0 Å². The van der Waals surface area contributed by atoms with E-state index in [0.717, 1.165) is 22.3 Å². The molecule has 6 nitrogen and oxygen atoms in total. The molecule has 1 atom stereocenters. The summed E-state index contributed by atoms with van der Waals surface area (Å²) in [5.41, 5.74) is 3.48. The summed E-state index contributed by atoms with van der Waals surface area (Å²) in [6.45, 7) is 0. The van der Waals surface area contributed by atoms with Gasteiger partial charge in [0.05, 0.1) is 24.2 Å². The summed E-state index contributed by atoms with van der Waals surface area (Å²) in [5.74, 6) is 0.510. The Morgan fingerprint density at radius 1 is 0.952 bits per heavy atom. The van der Waals surface area contributed by atoms with E-state index >= 15 is 0 Å². The van der Waals surface area contributed by atoms with Crippen LogP contribution in [0.3, 0.4) is 0 Å². The van der Waals surface area contributed by atoms with E-state index in [0.29, 0.717) is 5.88 Å². The summed E-state index contributed by atoms with van der Waals surface area (Å²) in [6, 6.07) is 5.83. The van der Waals surface area contributed by atoms with Gasteiger partial charge in [0.2, 0.25) is 5.88 Å². The number of hydrogen-bond acceptors (Lipinski definition) is 6. The van der Waals surface area contributed by atoms with E-state index in [-0.39, 0.29) is 6.04 Å². The fourth-order valence-corrected chi connectivity index (χ4v) is 2.31. The summed E-state index contributed by atoms with van der Waals surface area (Å²) in [5, 5.41) is 3.24. The topological polar surface area (TPSA) is 72.8 Å². The van der Waals surface area contributed by atoms with Crippen molar-refractivity contribution in [1.82, 2.24) is 25.3 Å². The Bertz CT molecular complexity index is 762. The van der Waals surface area contributed by atoms with E-state index in [9.17, 15) is 0 Å². The molecule has 21 heavy (non-hydrogen) atoms. The van der Waals surface area contributed by atoms with Crippen molar-refractivity contribution in [3.8, 4) is 5.88 Å². The molecule has 0 aliphatic rings. The van der Waals surface area contributed by atoms with Crippen molar-refractivity contribution in [3.05, 3.63) is 54.2 Å². The van der Waals surface area contributed by atoms with Crippen LogP contribution in [0.5, 0.6) is 5.88 Å². The third-order valence-corrected chi connectivity index (χ3v) is 3.27. The highest BCUT2D eigenvalue weighted by Crippen LogP contribution is 2.27. The molecular weight excluding hydrogens is 266 g/mol. The van der Waals surface area contributed by atoms with Crippen LogP contribution < -0.4 is 10.1 Å². The number of rotatable bonds is 4. The number of benzene rings is 1. The predicted octanol–water partition coefficient (Wildman–Crippen LogP) is 1.74. The number of methoxy groups -OCH3 is 1. The molecule has 0 aliphatic carbocycles. The molecule has 3 aromatic rings. The lowest BCUT2D eigenvalue weighted by molar-refractivity contribution is 0.384. The average Bonchev–Trinajstić information content (AvgIpc) is 2.56. The zero-order chi connectivity index (χ0) is 14.7. The lowest BCUT2D eigenvalue weighted by Crippen LogP contribution is -2.20. The molecule has 0 fully saturated rings. The fourth-order valence-electron chi connectivity index (χ4n) is 2.31. The van der Waals surface area contributed by atoms with Gasteiger partial charge in [-0.25, -0.2) is 4.98 Å². The normalized spacial score (nSPS) is 12.3. The van der Waals surface area contributed by atoms with Gasteiger partial charge in [0.25, 0.3) is 0 Å². The number of hydrogen-bond donors (Lipinski definition) is 1. The largest absolute Gasteiger partial charge is 0.480 e. The van der Waals surface area contributed by atoms with E-state index in [1.807, 2.05) is 25.2 Å². The highest BCUT2D eigenvalue weighted by molar-refractivity contribution is 5.74. The van der Waals surface area contributed by atoms with Crippen LogP contribution in [0.1, 0.15) is 17.3 Å². The smallest absolute Gasteiger partial charge is 0.237 e. The maximum Gasteiger partial charge on any atom is 0.237 e. The second-order valence-electron chi connectivity index (χ2n) is 4.48. The number of nitrogens with one attached hydrogen (secondary N) is 1. The van der Waals surface area contributed by atoms with Gasteiger partial charge in [-0.3, -0.25) is 15.0 Å². The van der Waals surface area contributed by atoms with E-state index < -0.39 is 0 Å². The SMILES string of the molecule is CNC(c1ccc2nccnc2c1)c1nccnc1OC. The van der Waals surface area contributed by atoms with Crippen LogP contribution in [0.2, 0.25) is 0 Å².